The van der Waals surface area contributed by atoms with Gasteiger partial charge in [-0.15, -0.1) is 0 Å². The topological polar surface area (TPSA) is 149 Å². The zero-order chi connectivity index (χ0) is 58.6. The number of carbonyl (C=O) groups excluding carboxylic acids is 5. The number of allylic oxidation sites excluding steroid dienone is 2. The number of ether oxygens (including phenoxy) is 4. The molecule has 1 N–H and O–H groups in total. The van der Waals surface area contributed by atoms with Crippen LogP contribution in [0.25, 0.3) is 0 Å². The number of methoxy groups -OCH3 is 2. The molecule has 0 aliphatic carbocycles. The molecule has 232 valence electrons. The lowest BCUT2D eigenvalue weighted by Crippen LogP contribution is -2.45. The molecule has 4 aliphatic heterocycles. The van der Waals surface area contributed by atoms with E-state index < -0.39 is 18.6 Å². The first kappa shape index (κ1) is 13.2. The Morgan fingerprint density at radius 3 is 1.83 bits per heavy atom. The number of hydrogen-bond acceptors (Lipinski definition) is 10. The summed E-state index contributed by atoms with van der Waals surface area (Å²) in [6, 6.07) is 0. The summed E-state index contributed by atoms with van der Waals surface area (Å²) in [5.74, 6) is -1.26. The smallest absolute Gasteiger partial charge is 0.236 e. The van der Waals surface area contributed by atoms with E-state index >= 15 is 0 Å². The molecule has 0 radical (unpaired) electrons. The average Bonchev–Trinajstić information content (AvgIpc) is 3.96. The van der Waals surface area contributed by atoms with Crippen molar-refractivity contribution in [2.24, 2.45) is 11.8 Å². The number of rotatable bonds is 6. The third-order valence-corrected chi connectivity index (χ3v) is 6.79. The molecular weight excluding hydrogens is 476 g/mol. The van der Waals surface area contributed by atoms with Crippen LogP contribution in [0.3, 0.4) is 0 Å². The van der Waals surface area contributed by atoms with Gasteiger partial charge in [0.2, 0.25) is 11.8 Å². The summed E-state index contributed by atoms with van der Waals surface area (Å²) in [5, 5.41) is 9.22. The van der Waals surface area contributed by atoms with Crippen LogP contribution in [-0.4, -0.2) is 102 Å². The van der Waals surface area contributed by atoms with Crippen molar-refractivity contribution in [3.05, 3.63) is 24.6 Å². The zero-order valence-corrected chi connectivity index (χ0v) is 20.6. The van der Waals surface area contributed by atoms with Crippen LogP contribution in [0.5, 0.6) is 0 Å². The predicted molar refractivity (Wildman–Crippen MR) is 158 cm³/mol. The maximum absolute atomic E-state index is 11.8. The van der Waals surface area contributed by atoms with E-state index in [-0.39, 0.29) is 74.4 Å². The van der Waals surface area contributed by atoms with Gasteiger partial charge in [0.15, 0.2) is 24.0 Å². The van der Waals surface area contributed by atoms with E-state index in [1.807, 2.05) is 13.8 Å². The standard InChI is InChI=1S/C12H17NO5.C12H15NO5.17H2/c2*1-7-9(6-14)18-12(11(7)17-2)13-4-3-8(15)5-10(13)16;;;;;;;;;;;;;;;;;/h3-4,7,9,11-12,14H,5-6H2,1-2H3;3-4,6-7,9,11-12H,5H2,1-2H3;17*1H/t2*7-,9-,11-,12-;;;;;;;;;;;;;;;;;/m11................./s1/i;;16*1+1D;1+1. The average molecular weight is 576 g/mol. The van der Waals surface area contributed by atoms with Crippen molar-refractivity contribution in [3.8, 4) is 0 Å². The quantitative estimate of drug-likeness (QED) is 0.366. The van der Waals surface area contributed by atoms with Crippen molar-refractivity contribution < 1.29 is 97.0 Å². The van der Waals surface area contributed by atoms with Crippen molar-refractivity contribution in [2.45, 2.75) is 63.6 Å². The normalized spacial score (nSPS) is 39.9. The molecule has 4 rings (SSSR count). The highest BCUT2D eigenvalue weighted by Gasteiger charge is 2.47. The Labute approximate surface area is 259 Å². The third kappa shape index (κ3) is 5.62. The highest BCUT2D eigenvalue weighted by molar-refractivity contribution is 6.07. The Balaban J connectivity index is -0.0000000409. The van der Waals surface area contributed by atoms with E-state index in [0.29, 0.717) is 6.29 Å². The minimum Gasteiger partial charge on any atom is -0.394 e. The van der Waals surface area contributed by atoms with Crippen LogP contribution >= 0.6 is 0 Å². The van der Waals surface area contributed by atoms with Crippen LogP contribution in [0.15, 0.2) is 24.6 Å². The SMILES string of the molecule is CO[C@@H]1[C@H](C)[C@@H](C=O)O[C@H]1N1C=CC(=O)CC1=O.CO[C@@H]1[C@H](C)[C@@H](CO)O[C@H]1N1C=CC(=O)CC1=O.[2HH].[2H][2H].[2H][2H].[2H][2H].[2H][2H].[2H][2H].[2H][2H].[2H][2H].[2H][2H].[2H][2H].[2H][2H].[2H][2H].[2H][2H].[2H][2H].[2H][2H].[2H][2H].[2H][2H]. The van der Waals surface area contributed by atoms with Gasteiger partial charge >= 0.3 is 0 Å². The van der Waals surface area contributed by atoms with Crippen LogP contribution < -0.4 is 0 Å². The van der Waals surface area contributed by atoms with Crippen LogP contribution in [-0.2, 0) is 42.9 Å². The highest BCUT2D eigenvalue weighted by Crippen LogP contribution is 2.33. The first-order valence-corrected chi connectivity index (χ1v) is 11.6. The maximum atomic E-state index is 11.8. The molecule has 0 aromatic rings. The summed E-state index contributed by atoms with van der Waals surface area (Å²) in [6.45, 7) is 3.61. The van der Waals surface area contributed by atoms with E-state index in [1.165, 1.54) is 41.5 Å². The number of nitrogens with zero attached hydrogens (tertiary/aromatic N) is 2. The van der Waals surface area contributed by atoms with Gasteiger partial charge < -0.3 is 28.8 Å². The lowest BCUT2D eigenvalue weighted by Gasteiger charge is -2.30. The second-order valence-corrected chi connectivity index (χ2v) is 9.01. The van der Waals surface area contributed by atoms with Gasteiger partial charge in [-0.3, -0.25) is 29.0 Å². The molecule has 0 saturated carbocycles. The molecule has 4 heterocycles. The zero-order valence-electron chi connectivity index (χ0n) is 52.6. The first-order valence-electron chi connectivity index (χ1n) is 27.6. The molecule has 2 fully saturated rings. The summed E-state index contributed by atoms with van der Waals surface area (Å²) in [6.07, 6.45) is 2.99. The van der Waals surface area contributed by atoms with E-state index in [9.17, 15) is 29.1 Å². The van der Waals surface area contributed by atoms with Crippen molar-refractivity contribution in [1.29, 1.82) is 0 Å². The lowest BCUT2D eigenvalue weighted by atomic mass is 10.00. The molecule has 4 aliphatic rings. The fraction of sp³-hybridized carbons (Fsp3) is 0.625. The van der Waals surface area contributed by atoms with Crippen LogP contribution in [0, 0.1) is 11.8 Å². The highest BCUT2D eigenvalue weighted by atomic mass is 16.6. The van der Waals surface area contributed by atoms with Gasteiger partial charge in [0, 0.05) is 87.4 Å². The number of aliphatic hydroxyl groups excluding tert-OH is 1. The minimum absolute atomic E-state index is 0. The van der Waals surface area contributed by atoms with Gasteiger partial charge in [-0.1, -0.05) is 13.8 Å². The molecule has 2 amide bonds. The summed E-state index contributed by atoms with van der Waals surface area (Å²) < 4.78 is 182. The largest absolute Gasteiger partial charge is 0.394 e. The van der Waals surface area contributed by atoms with Crippen molar-refractivity contribution >= 4 is 29.7 Å². The van der Waals surface area contributed by atoms with Crippen molar-refractivity contribution in [3.63, 3.8) is 0 Å². The summed E-state index contributed by atoms with van der Waals surface area (Å²) in [7, 11) is 3.05. The van der Waals surface area contributed by atoms with Gasteiger partial charge in [-0.25, -0.2) is 0 Å². The van der Waals surface area contributed by atoms with E-state index in [2.05, 4.69) is 0 Å². The Hall–Kier alpha value is -2.77. The summed E-state index contributed by atoms with van der Waals surface area (Å²) >= 11 is 0. The van der Waals surface area contributed by atoms with Crippen LogP contribution in [0.4, 0.5) is 0 Å². The number of amides is 2. The van der Waals surface area contributed by atoms with Gasteiger partial charge in [0.25, 0.3) is 0 Å². The molecule has 0 aromatic heterocycles. The van der Waals surface area contributed by atoms with Crippen molar-refractivity contribution in [2.75, 3.05) is 20.8 Å². The molecule has 12 heteroatoms. The summed E-state index contributed by atoms with van der Waals surface area (Å²) in [5.41, 5.74) is 0. The minimum atomic E-state index is -0.656. The molecule has 0 bridgehead atoms. The maximum Gasteiger partial charge on any atom is 0.236 e. The van der Waals surface area contributed by atoms with Gasteiger partial charge in [-0.05, 0) is 12.2 Å². The molecule has 12 nitrogen and oxygen atoms in total. The third-order valence-electron chi connectivity index (χ3n) is 6.79. The Kier molecular flexibility index (Phi) is 4.38. The fourth-order valence-electron chi connectivity index (χ4n) is 4.68. The van der Waals surface area contributed by atoms with Crippen molar-refractivity contribution in [1.82, 2.24) is 9.80 Å². The molecule has 8 atom stereocenters. The lowest BCUT2D eigenvalue weighted by molar-refractivity contribution is -0.151. The van der Waals surface area contributed by atoms with Gasteiger partial charge in [0.05, 0.1) is 25.6 Å². The van der Waals surface area contributed by atoms with Gasteiger partial charge in [0.1, 0.15) is 24.6 Å². The number of aldehydes is 1. The second kappa shape index (κ2) is 12.0. The number of hydrogen-bond donors (Lipinski definition) is 1. The van der Waals surface area contributed by atoms with Crippen LogP contribution in [0.2, 0.25) is 0 Å². The molecule has 2 saturated heterocycles. The molecule has 0 unspecified atom stereocenters. The van der Waals surface area contributed by atoms with Gasteiger partial charge in [-0.2, -0.15) is 0 Å². The Morgan fingerprint density at radius 2 is 1.42 bits per heavy atom. The predicted octanol–water partition coefficient (Wildman–Crippen LogP) is 3.73. The Bertz CT molecular complexity index is 1000. The molecular formula is C24H66N2O10. The fourth-order valence-corrected chi connectivity index (χ4v) is 4.68. The monoisotopic (exact) mass is 576 g/mol. The van der Waals surface area contributed by atoms with E-state index in [1.54, 1.807) is 7.11 Å². The van der Waals surface area contributed by atoms with E-state index in [4.69, 9.17) is 66.5 Å². The molecule has 0 aromatic carbocycles. The molecule has 0 spiro atoms. The summed E-state index contributed by atoms with van der Waals surface area (Å²) in [4.78, 5) is 59.4. The molecule has 36 heavy (non-hydrogen) atoms. The Morgan fingerprint density at radius 1 is 0.944 bits per heavy atom. The second-order valence-electron chi connectivity index (χ2n) is 9.01. The number of ketones is 2. The van der Waals surface area contributed by atoms with Crippen LogP contribution in [0.1, 0.15) is 75.6 Å². The van der Waals surface area contributed by atoms with E-state index in [0.717, 1.165) is 0 Å². The number of carbonyl (C=O) groups is 5. The number of aliphatic hydroxyl groups is 1. The first-order chi connectivity index (χ1) is 33.2.